The third-order valence-electron chi connectivity index (χ3n) is 5.71. The van der Waals surface area contributed by atoms with Gasteiger partial charge in [-0.05, 0) is 57.5 Å². The van der Waals surface area contributed by atoms with Gasteiger partial charge in [-0.25, -0.2) is 0 Å². The molecule has 4 aromatic rings. The lowest BCUT2D eigenvalue weighted by Crippen LogP contribution is -2.20. The monoisotopic (exact) mass is 534 g/mol. The van der Waals surface area contributed by atoms with Crippen molar-refractivity contribution in [1.29, 1.82) is 0 Å². The Kier molecular flexibility index (Phi) is 7.85. The average molecular weight is 535 g/mol. The molecule has 0 fully saturated rings. The van der Waals surface area contributed by atoms with Gasteiger partial charge in [0.25, 0.3) is 11.1 Å². The summed E-state index contributed by atoms with van der Waals surface area (Å²) in [6.45, 7) is 7.30. The van der Waals surface area contributed by atoms with Gasteiger partial charge in [0.15, 0.2) is 11.5 Å². The molecule has 0 spiro atoms. The first kappa shape index (κ1) is 26.9. The van der Waals surface area contributed by atoms with Crippen molar-refractivity contribution in [1.82, 2.24) is 20.4 Å². The van der Waals surface area contributed by atoms with E-state index in [1.807, 2.05) is 6.92 Å². The Morgan fingerprint density at radius 2 is 1.36 bits per heavy atom. The molecule has 4 rings (SSSR count). The van der Waals surface area contributed by atoms with Crippen LogP contribution < -0.4 is 20.0 Å². The maximum atomic E-state index is 12.9. The van der Waals surface area contributed by atoms with Crippen LogP contribution in [-0.4, -0.2) is 35.4 Å². The molecule has 0 radical (unpaired) electrons. The molecule has 0 atom stereocenters. The molecule has 4 N–H and O–H groups in total. The van der Waals surface area contributed by atoms with Gasteiger partial charge in [-0.3, -0.25) is 19.8 Å². The summed E-state index contributed by atoms with van der Waals surface area (Å²) in [5, 5.41) is 10.7. The van der Waals surface area contributed by atoms with Crippen LogP contribution in [0.15, 0.2) is 56.9 Å². The highest BCUT2D eigenvalue weighted by molar-refractivity contribution is 7.87. The smallest absolute Gasteiger partial charge is 0.339 e. The Morgan fingerprint density at radius 3 is 1.83 bits per heavy atom. The number of rotatable bonds is 8. The number of aryl methyl sites for hydroxylation is 3. The number of nitrogens with one attached hydrogen (secondary N) is 4. The molecule has 0 unspecified atom stereocenters. The van der Waals surface area contributed by atoms with Gasteiger partial charge in [-0.15, -0.1) is 12.4 Å². The van der Waals surface area contributed by atoms with E-state index >= 15 is 0 Å². The zero-order valence-electron chi connectivity index (χ0n) is 20.1. The van der Waals surface area contributed by atoms with Crippen LogP contribution in [-0.2, 0) is 10.1 Å². The van der Waals surface area contributed by atoms with Crippen LogP contribution in [0.25, 0.3) is 0 Å². The SMILES string of the molecule is CCOc1cc(C(c2c(C)[nH][nH]c2=O)c2c(C)[nH][nH]c2=O)ccc1OS(=O)(=O)c1ccc(C)cc1.Cl. The molecule has 10 nitrogen and oxygen atoms in total. The molecule has 2 heterocycles. The van der Waals surface area contributed by atoms with Crippen LogP contribution in [0.1, 0.15) is 46.5 Å². The first-order valence-corrected chi connectivity index (χ1v) is 12.4. The minimum atomic E-state index is -4.12. The molecule has 36 heavy (non-hydrogen) atoms. The van der Waals surface area contributed by atoms with E-state index in [1.165, 1.54) is 18.2 Å². The van der Waals surface area contributed by atoms with Gasteiger partial charge in [0.05, 0.1) is 17.7 Å². The van der Waals surface area contributed by atoms with Crippen molar-refractivity contribution in [3.8, 4) is 11.5 Å². The van der Waals surface area contributed by atoms with Crippen LogP contribution in [0.4, 0.5) is 0 Å². The third kappa shape index (κ3) is 5.12. The van der Waals surface area contributed by atoms with Crippen LogP contribution in [0.5, 0.6) is 11.5 Å². The summed E-state index contributed by atoms with van der Waals surface area (Å²) in [6, 6.07) is 11.0. The zero-order valence-corrected chi connectivity index (χ0v) is 21.7. The van der Waals surface area contributed by atoms with Crippen LogP contribution >= 0.6 is 12.4 Å². The zero-order chi connectivity index (χ0) is 25.3. The quantitative estimate of drug-likeness (QED) is 0.254. The summed E-state index contributed by atoms with van der Waals surface area (Å²) in [4.78, 5) is 25.4. The summed E-state index contributed by atoms with van der Waals surface area (Å²) in [7, 11) is -4.12. The molecule has 2 aromatic carbocycles. The summed E-state index contributed by atoms with van der Waals surface area (Å²) in [5.41, 5.74) is 2.60. The second-order valence-corrected chi connectivity index (χ2v) is 9.70. The summed E-state index contributed by atoms with van der Waals surface area (Å²) in [5.74, 6) is -0.587. The molecule has 12 heteroatoms. The van der Waals surface area contributed by atoms with E-state index in [2.05, 4.69) is 20.4 Å². The number of H-pyrrole nitrogens is 4. The number of ether oxygens (including phenoxy) is 1. The van der Waals surface area contributed by atoms with E-state index in [0.717, 1.165) is 5.56 Å². The minimum Gasteiger partial charge on any atom is -0.490 e. The van der Waals surface area contributed by atoms with Gasteiger partial charge < -0.3 is 19.1 Å². The Morgan fingerprint density at radius 1 is 0.806 bits per heavy atom. The molecular formula is C24H27ClN4O6S. The maximum Gasteiger partial charge on any atom is 0.339 e. The van der Waals surface area contributed by atoms with Crippen molar-refractivity contribution >= 4 is 22.5 Å². The van der Waals surface area contributed by atoms with E-state index in [-0.39, 0.29) is 46.5 Å². The predicted octanol–water partition coefficient (Wildman–Crippen LogP) is 3.41. The standard InChI is InChI=1S/C24H26N4O6S.ClH/c1-5-33-19-12-16(8-11-18(19)34-35(31,32)17-9-6-13(2)7-10-17)22(20-14(3)25-27-23(20)29)21-15(4)26-28-24(21)30;/h6-12,22H,5H2,1-4H3,(H2,25,27,29)(H2,26,28,30);1H. The van der Waals surface area contributed by atoms with Crippen molar-refractivity contribution in [3.63, 3.8) is 0 Å². The summed E-state index contributed by atoms with van der Waals surface area (Å²) < 4.78 is 36.9. The highest BCUT2D eigenvalue weighted by Crippen LogP contribution is 2.37. The lowest BCUT2D eigenvalue weighted by Gasteiger charge is -2.19. The third-order valence-corrected chi connectivity index (χ3v) is 6.96. The Balaban J connectivity index is 0.00000361. The molecule has 0 aliphatic rings. The molecule has 2 aromatic heterocycles. The lowest BCUT2D eigenvalue weighted by atomic mass is 9.85. The van der Waals surface area contributed by atoms with Crippen molar-refractivity contribution in [2.45, 2.75) is 38.5 Å². The van der Waals surface area contributed by atoms with Gasteiger partial charge in [0.2, 0.25) is 0 Å². The molecule has 0 saturated heterocycles. The van der Waals surface area contributed by atoms with Gasteiger partial charge in [0.1, 0.15) is 4.90 Å². The molecule has 0 amide bonds. The van der Waals surface area contributed by atoms with Crippen LogP contribution in [0.3, 0.4) is 0 Å². The predicted molar refractivity (Wildman–Crippen MR) is 137 cm³/mol. The number of benzene rings is 2. The molecule has 192 valence electrons. The number of hydrogen-bond acceptors (Lipinski definition) is 6. The van der Waals surface area contributed by atoms with E-state index in [9.17, 15) is 18.0 Å². The first-order chi connectivity index (χ1) is 16.6. The highest BCUT2D eigenvalue weighted by atomic mass is 35.5. The van der Waals surface area contributed by atoms with E-state index in [4.69, 9.17) is 8.92 Å². The maximum absolute atomic E-state index is 12.9. The fourth-order valence-corrected chi connectivity index (χ4v) is 4.94. The van der Waals surface area contributed by atoms with Gasteiger partial charge in [-0.1, -0.05) is 23.8 Å². The fourth-order valence-electron chi connectivity index (χ4n) is 4.00. The second-order valence-electron chi connectivity index (χ2n) is 8.16. The highest BCUT2D eigenvalue weighted by Gasteiger charge is 2.29. The minimum absolute atomic E-state index is 0. The summed E-state index contributed by atoms with van der Waals surface area (Å²) in [6.07, 6.45) is 0. The number of halogens is 1. The van der Waals surface area contributed by atoms with Crippen molar-refractivity contribution in [2.75, 3.05) is 6.61 Å². The topological polar surface area (TPSA) is 150 Å². The van der Waals surface area contributed by atoms with E-state index < -0.39 is 16.0 Å². The number of aromatic nitrogens is 4. The Bertz CT molecular complexity index is 1530. The summed E-state index contributed by atoms with van der Waals surface area (Å²) >= 11 is 0. The molecule has 0 saturated carbocycles. The molecule has 0 aliphatic carbocycles. The largest absolute Gasteiger partial charge is 0.490 e. The van der Waals surface area contributed by atoms with Crippen LogP contribution in [0, 0.1) is 20.8 Å². The average Bonchev–Trinajstić information content (AvgIpc) is 3.32. The van der Waals surface area contributed by atoms with Gasteiger partial charge in [-0.2, -0.15) is 8.42 Å². The molecule has 0 aliphatic heterocycles. The van der Waals surface area contributed by atoms with Crippen LogP contribution in [0.2, 0.25) is 0 Å². The molecular weight excluding hydrogens is 508 g/mol. The number of hydrogen-bond donors (Lipinski definition) is 4. The van der Waals surface area contributed by atoms with Gasteiger partial charge >= 0.3 is 10.1 Å². The van der Waals surface area contributed by atoms with Crippen molar-refractivity contribution < 1.29 is 17.3 Å². The molecule has 0 bridgehead atoms. The first-order valence-electron chi connectivity index (χ1n) is 10.9. The Labute approximate surface area is 213 Å². The normalized spacial score (nSPS) is 11.4. The fraction of sp³-hybridized carbons (Fsp3) is 0.250. The van der Waals surface area contributed by atoms with E-state index in [1.54, 1.807) is 45.0 Å². The lowest BCUT2D eigenvalue weighted by molar-refractivity contribution is 0.327. The van der Waals surface area contributed by atoms with Crippen molar-refractivity contribution in [2.24, 2.45) is 0 Å². The Hall–Kier alpha value is -3.70. The van der Waals surface area contributed by atoms with E-state index in [0.29, 0.717) is 28.1 Å². The second kappa shape index (κ2) is 10.5. The van der Waals surface area contributed by atoms with Crippen molar-refractivity contribution in [3.05, 3.63) is 96.8 Å². The number of aromatic amines is 4. The van der Waals surface area contributed by atoms with Gasteiger partial charge in [0, 0.05) is 17.3 Å².